The van der Waals surface area contributed by atoms with Crippen LogP contribution < -0.4 is 5.32 Å². The number of likely N-dealkylation sites (tertiary alicyclic amines) is 1. The van der Waals surface area contributed by atoms with Crippen LogP contribution in [0.2, 0.25) is 0 Å². The molecule has 1 fully saturated rings. The topological polar surface area (TPSA) is 58.6 Å². The number of piperidine rings is 1. The van der Waals surface area contributed by atoms with Gasteiger partial charge in [0.25, 0.3) is 5.91 Å². The molecule has 0 radical (unpaired) electrons. The third kappa shape index (κ3) is 9.18. The molecule has 1 N–H and O–H groups in total. The van der Waals surface area contributed by atoms with Gasteiger partial charge < -0.3 is 15.0 Å². The largest absolute Gasteiger partial charge is 0.463 e. The molecule has 5 nitrogen and oxygen atoms in total. The predicted octanol–water partition coefficient (Wildman–Crippen LogP) is 8.04. The van der Waals surface area contributed by atoms with Gasteiger partial charge in [-0.25, -0.2) is 0 Å². The van der Waals surface area contributed by atoms with E-state index in [0.717, 1.165) is 69.4 Å². The number of nitrogens with one attached hydrogen (secondary N) is 1. The standard InChI is InChI=1S/C36H43F3N2O3/c1-26(2)44-33(42)25-35(3,28-11-5-4-6-12-28)21-9-10-22-41-23-19-30(20-24-41)40-34(43)32-14-8-7-13-31(32)27-15-17-29(18-16-27)36(37,38)39/h4-8,11-18,26,30H,9-10,19-25H2,1-3H3,(H,40,43). The van der Waals surface area contributed by atoms with E-state index in [1.807, 2.05) is 32.0 Å². The number of benzene rings is 3. The monoisotopic (exact) mass is 608 g/mol. The van der Waals surface area contributed by atoms with Gasteiger partial charge in [-0.05, 0) is 81.0 Å². The van der Waals surface area contributed by atoms with Gasteiger partial charge in [0.05, 0.1) is 18.1 Å². The summed E-state index contributed by atoms with van der Waals surface area (Å²) in [5.74, 6) is -0.382. The number of unbranched alkanes of at least 4 members (excludes halogenated alkanes) is 1. The Labute approximate surface area is 258 Å². The molecule has 0 bridgehead atoms. The third-order valence-corrected chi connectivity index (χ3v) is 8.44. The van der Waals surface area contributed by atoms with Crippen molar-refractivity contribution in [2.45, 2.75) is 83.0 Å². The zero-order valence-electron chi connectivity index (χ0n) is 25.8. The van der Waals surface area contributed by atoms with Crippen LogP contribution in [0.4, 0.5) is 13.2 Å². The minimum atomic E-state index is -4.41. The number of nitrogens with zero attached hydrogens (tertiary/aromatic N) is 1. The first kappa shape index (κ1) is 33.2. The molecule has 1 saturated heterocycles. The minimum absolute atomic E-state index is 0.0350. The quantitative estimate of drug-likeness (QED) is 0.167. The molecule has 0 aromatic heterocycles. The number of carbonyl (C=O) groups is 2. The smallest absolute Gasteiger partial charge is 0.416 e. The summed E-state index contributed by atoms with van der Waals surface area (Å²) >= 11 is 0. The van der Waals surface area contributed by atoms with Crippen molar-refractivity contribution in [3.63, 3.8) is 0 Å². The highest BCUT2D eigenvalue weighted by molar-refractivity contribution is 6.01. The zero-order valence-corrected chi connectivity index (χ0v) is 25.8. The van der Waals surface area contributed by atoms with Crippen molar-refractivity contribution in [1.82, 2.24) is 10.2 Å². The van der Waals surface area contributed by atoms with Gasteiger partial charge in [-0.2, -0.15) is 13.2 Å². The van der Waals surface area contributed by atoms with Crippen LogP contribution in [0.5, 0.6) is 0 Å². The molecule has 236 valence electrons. The lowest BCUT2D eigenvalue weighted by Crippen LogP contribution is -2.45. The first-order chi connectivity index (χ1) is 20.9. The van der Waals surface area contributed by atoms with Crippen LogP contribution in [0.3, 0.4) is 0 Å². The van der Waals surface area contributed by atoms with Gasteiger partial charge in [-0.3, -0.25) is 9.59 Å². The van der Waals surface area contributed by atoms with Gasteiger partial charge in [0, 0.05) is 30.1 Å². The summed E-state index contributed by atoms with van der Waals surface area (Å²) in [6, 6.07) is 22.1. The van der Waals surface area contributed by atoms with Gasteiger partial charge in [0.1, 0.15) is 0 Å². The van der Waals surface area contributed by atoms with E-state index in [-0.39, 0.29) is 29.4 Å². The van der Waals surface area contributed by atoms with Crippen LogP contribution in [0.1, 0.15) is 80.8 Å². The van der Waals surface area contributed by atoms with Crippen molar-refractivity contribution in [2.24, 2.45) is 0 Å². The highest BCUT2D eigenvalue weighted by Crippen LogP contribution is 2.34. The van der Waals surface area contributed by atoms with Gasteiger partial charge in [0.15, 0.2) is 0 Å². The second-order valence-corrected chi connectivity index (χ2v) is 12.3. The third-order valence-electron chi connectivity index (χ3n) is 8.44. The lowest BCUT2D eigenvalue weighted by atomic mass is 9.75. The maximum absolute atomic E-state index is 13.2. The molecular weight excluding hydrogens is 565 g/mol. The SMILES string of the molecule is CC(C)OC(=O)CC(C)(CCCCN1CCC(NC(=O)c2ccccc2-c2ccc(C(F)(F)F)cc2)CC1)c1ccccc1. The number of ether oxygens (including phenoxy) is 1. The van der Waals surface area contributed by atoms with Crippen molar-refractivity contribution >= 4 is 11.9 Å². The van der Waals surface area contributed by atoms with Crippen molar-refractivity contribution in [3.8, 4) is 11.1 Å². The van der Waals surface area contributed by atoms with E-state index in [2.05, 4.69) is 29.3 Å². The maximum Gasteiger partial charge on any atom is 0.416 e. The molecular formula is C36H43F3N2O3. The molecule has 3 aromatic rings. The fourth-order valence-corrected chi connectivity index (χ4v) is 5.98. The fourth-order valence-electron chi connectivity index (χ4n) is 5.98. The van der Waals surface area contributed by atoms with Crippen LogP contribution >= 0.6 is 0 Å². The van der Waals surface area contributed by atoms with E-state index in [9.17, 15) is 22.8 Å². The summed E-state index contributed by atoms with van der Waals surface area (Å²) < 4.78 is 44.5. The van der Waals surface area contributed by atoms with E-state index in [0.29, 0.717) is 23.1 Å². The van der Waals surface area contributed by atoms with Crippen LogP contribution in [-0.2, 0) is 21.1 Å². The van der Waals surface area contributed by atoms with Gasteiger partial charge in [0.2, 0.25) is 0 Å². The molecule has 1 amide bonds. The van der Waals surface area contributed by atoms with Gasteiger partial charge >= 0.3 is 12.1 Å². The average molecular weight is 609 g/mol. The summed E-state index contributed by atoms with van der Waals surface area (Å²) in [5.41, 5.74) is 1.77. The number of alkyl halides is 3. The minimum Gasteiger partial charge on any atom is -0.463 e. The average Bonchev–Trinajstić information content (AvgIpc) is 3.00. The maximum atomic E-state index is 13.2. The normalized spacial score (nSPS) is 16.0. The Kier molecular flexibility index (Phi) is 11.2. The highest BCUT2D eigenvalue weighted by Gasteiger charge is 2.31. The molecule has 1 unspecified atom stereocenters. The number of halogens is 3. The first-order valence-corrected chi connectivity index (χ1v) is 15.5. The second kappa shape index (κ2) is 14.9. The summed E-state index contributed by atoms with van der Waals surface area (Å²) in [6.07, 6.45) is 0.349. The first-order valence-electron chi connectivity index (χ1n) is 15.5. The summed E-state index contributed by atoms with van der Waals surface area (Å²) in [6.45, 7) is 8.60. The molecule has 1 atom stereocenters. The summed E-state index contributed by atoms with van der Waals surface area (Å²) in [4.78, 5) is 28.2. The number of carbonyl (C=O) groups excluding carboxylic acids is 2. The molecule has 44 heavy (non-hydrogen) atoms. The van der Waals surface area contributed by atoms with Gasteiger partial charge in [-0.1, -0.05) is 74.0 Å². The van der Waals surface area contributed by atoms with Crippen LogP contribution in [0.25, 0.3) is 11.1 Å². The van der Waals surface area contributed by atoms with Crippen LogP contribution in [0.15, 0.2) is 78.9 Å². The zero-order chi connectivity index (χ0) is 31.7. The molecule has 0 aliphatic carbocycles. The molecule has 1 aliphatic heterocycles. The van der Waals surface area contributed by atoms with Crippen molar-refractivity contribution in [3.05, 3.63) is 95.6 Å². The molecule has 0 spiro atoms. The summed E-state index contributed by atoms with van der Waals surface area (Å²) in [7, 11) is 0. The van der Waals surface area contributed by atoms with E-state index < -0.39 is 11.7 Å². The fraction of sp³-hybridized carbons (Fsp3) is 0.444. The van der Waals surface area contributed by atoms with Crippen molar-refractivity contribution in [1.29, 1.82) is 0 Å². The number of rotatable bonds is 12. The summed E-state index contributed by atoms with van der Waals surface area (Å²) in [5, 5.41) is 3.15. The second-order valence-electron chi connectivity index (χ2n) is 12.3. The number of hydrogen-bond donors (Lipinski definition) is 1. The number of esters is 1. The Morgan fingerprint density at radius 1 is 0.886 bits per heavy atom. The lowest BCUT2D eigenvalue weighted by Gasteiger charge is -2.33. The Bertz CT molecular complexity index is 1370. The van der Waals surface area contributed by atoms with E-state index in [4.69, 9.17) is 4.74 Å². The molecule has 0 saturated carbocycles. The van der Waals surface area contributed by atoms with Gasteiger partial charge in [-0.15, -0.1) is 0 Å². The Morgan fingerprint density at radius 3 is 2.16 bits per heavy atom. The van der Waals surface area contributed by atoms with Crippen LogP contribution in [0, 0.1) is 0 Å². The Morgan fingerprint density at radius 2 is 1.52 bits per heavy atom. The Balaban J connectivity index is 1.26. The highest BCUT2D eigenvalue weighted by atomic mass is 19.4. The van der Waals surface area contributed by atoms with Crippen molar-refractivity contribution in [2.75, 3.05) is 19.6 Å². The van der Waals surface area contributed by atoms with E-state index >= 15 is 0 Å². The molecule has 4 rings (SSSR count). The molecule has 3 aromatic carbocycles. The number of hydrogen-bond acceptors (Lipinski definition) is 4. The van der Waals surface area contributed by atoms with E-state index in [1.54, 1.807) is 24.3 Å². The number of amides is 1. The Hall–Kier alpha value is -3.65. The predicted molar refractivity (Wildman–Crippen MR) is 167 cm³/mol. The lowest BCUT2D eigenvalue weighted by molar-refractivity contribution is -0.149. The molecule has 1 aliphatic rings. The van der Waals surface area contributed by atoms with E-state index in [1.165, 1.54) is 12.1 Å². The molecule has 8 heteroatoms. The van der Waals surface area contributed by atoms with Crippen molar-refractivity contribution < 1.29 is 27.5 Å². The molecule has 1 heterocycles. The van der Waals surface area contributed by atoms with Crippen LogP contribution in [-0.4, -0.2) is 48.6 Å².